The van der Waals surface area contributed by atoms with Crippen LogP contribution in [0.3, 0.4) is 0 Å². The lowest BCUT2D eigenvalue weighted by Gasteiger charge is -2.38. The maximum atomic E-state index is 15.3. The minimum Gasteiger partial charge on any atom is -0.492 e. The summed E-state index contributed by atoms with van der Waals surface area (Å²) < 4.78 is 163. The van der Waals surface area contributed by atoms with E-state index in [1.54, 1.807) is 83.1 Å². The van der Waals surface area contributed by atoms with Crippen LogP contribution in [0.5, 0.6) is 17.2 Å². The van der Waals surface area contributed by atoms with Gasteiger partial charge in [0.05, 0.1) is 31.2 Å². The van der Waals surface area contributed by atoms with Crippen LogP contribution >= 0.6 is 11.6 Å². The van der Waals surface area contributed by atoms with Gasteiger partial charge in [0.15, 0.2) is 11.5 Å². The van der Waals surface area contributed by atoms with Crippen LogP contribution in [-0.4, -0.2) is 103 Å². The molecule has 0 bridgehead atoms. The third-order valence-electron chi connectivity index (χ3n) is 14.0. The molecule has 5 heterocycles. The van der Waals surface area contributed by atoms with Crippen molar-refractivity contribution < 1.29 is 56.7 Å². The molecule has 17 nitrogen and oxygen atoms in total. The molecule has 3 aliphatic rings. The maximum Gasteiger partial charge on any atom is 0.586 e. The van der Waals surface area contributed by atoms with E-state index in [9.17, 15) is 34.0 Å². The Kier molecular flexibility index (Phi) is 15.7. The Morgan fingerprint density at radius 3 is 1.54 bits per heavy atom. The maximum absolute atomic E-state index is 15.3. The Morgan fingerprint density at radius 1 is 0.590 bits per heavy atom. The number of nitrogens with zero attached hydrogens (tertiary/aromatic N) is 6. The Hall–Kier alpha value is -5.95. The van der Waals surface area contributed by atoms with Crippen molar-refractivity contribution in [3.8, 4) is 17.2 Å². The van der Waals surface area contributed by atoms with Gasteiger partial charge in [0.2, 0.25) is 20.0 Å². The summed E-state index contributed by atoms with van der Waals surface area (Å²) in [5.41, 5.74) is 4.96. The number of hydrogen-bond donors (Lipinski definition) is 0. The van der Waals surface area contributed by atoms with Crippen LogP contribution < -0.4 is 22.8 Å². The number of fused-ring (bicyclic) bond motifs is 1. The zero-order chi connectivity index (χ0) is 56.3. The number of alkyl halides is 2. The number of piperidine rings is 2. The molecule has 0 unspecified atom stereocenters. The van der Waals surface area contributed by atoms with Gasteiger partial charge in [-0.15, -0.1) is 8.78 Å². The predicted molar refractivity (Wildman–Crippen MR) is 291 cm³/mol. The first-order valence-electron chi connectivity index (χ1n) is 25.1. The summed E-state index contributed by atoms with van der Waals surface area (Å²) in [4.78, 5) is 9.03. The highest BCUT2D eigenvalue weighted by Crippen LogP contribution is 2.43. The minimum atomic E-state index is -4.44. The highest BCUT2D eigenvalue weighted by Gasteiger charge is 2.45. The van der Waals surface area contributed by atoms with Crippen molar-refractivity contribution in [2.75, 3.05) is 41.4 Å². The van der Waals surface area contributed by atoms with Crippen molar-refractivity contribution in [2.45, 2.75) is 119 Å². The fourth-order valence-corrected chi connectivity index (χ4v) is 18.2. The monoisotopic (exact) mass is 1170 g/mol. The Balaban J connectivity index is 0.898. The average molecular weight is 1170 g/mol. The van der Waals surface area contributed by atoms with E-state index in [-0.39, 0.29) is 113 Å². The van der Waals surface area contributed by atoms with Gasteiger partial charge in [-0.3, -0.25) is 0 Å². The molecule has 3 aliphatic heterocycles. The van der Waals surface area contributed by atoms with E-state index in [1.807, 2.05) is 26.0 Å². The first-order chi connectivity index (χ1) is 36.7. The van der Waals surface area contributed by atoms with Crippen molar-refractivity contribution in [3.63, 3.8) is 0 Å². The molecule has 2 saturated heterocycles. The summed E-state index contributed by atoms with van der Waals surface area (Å²) >= 11 is 6.74. The second-order valence-electron chi connectivity index (χ2n) is 19.9. The van der Waals surface area contributed by atoms with Crippen molar-refractivity contribution in [1.82, 2.24) is 18.6 Å². The SMILES string of the molecule is Cc1cc(C)c(S(=O)(=O)N(c2cccc(C)n2)C2CCN(S(=O)(=O)c3ccc(OCCc4cc(C)cc(C)c4S(=O)(=O)N(c4cccc(C)n4)C4CCN(S(=O)(=O)c5ccc6c(c5)OC(F)(F)O6)CC4)c(Cl)c3)CC2)c(C)c1. The number of pyridine rings is 2. The second-order valence-corrected chi connectivity index (χ2v) is 27.7. The zero-order valence-corrected chi connectivity index (χ0v) is 47.9. The van der Waals surface area contributed by atoms with E-state index in [0.717, 1.165) is 29.3 Å². The molecule has 6 aromatic rings. The normalized spacial score (nSPS) is 16.8. The Labute approximate surface area is 459 Å². The molecule has 9 rings (SSSR count). The quantitative estimate of drug-likeness (QED) is 0.0888. The molecule has 0 atom stereocenters. The van der Waals surface area contributed by atoms with E-state index in [0.29, 0.717) is 33.6 Å². The van der Waals surface area contributed by atoms with Crippen LogP contribution in [-0.2, 0) is 46.5 Å². The Bertz CT molecular complexity index is 3760. The molecular formula is C54H59ClF2N6O11S4. The van der Waals surface area contributed by atoms with Crippen LogP contribution in [0, 0.1) is 48.5 Å². The summed E-state index contributed by atoms with van der Waals surface area (Å²) in [6.07, 6.45) is -3.37. The van der Waals surface area contributed by atoms with Gasteiger partial charge in [-0.2, -0.15) is 8.61 Å². The van der Waals surface area contributed by atoms with Gasteiger partial charge >= 0.3 is 6.29 Å². The van der Waals surface area contributed by atoms with Gasteiger partial charge in [-0.1, -0.05) is 59.1 Å². The second kappa shape index (κ2) is 21.6. The lowest BCUT2D eigenvalue weighted by atomic mass is 10.1. The van der Waals surface area contributed by atoms with Crippen LogP contribution in [0.1, 0.15) is 70.5 Å². The largest absolute Gasteiger partial charge is 0.586 e. The number of sulfonamides is 4. The molecule has 78 heavy (non-hydrogen) atoms. The summed E-state index contributed by atoms with van der Waals surface area (Å²) in [5.74, 6) is -0.184. The van der Waals surface area contributed by atoms with E-state index >= 15 is 8.42 Å². The summed E-state index contributed by atoms with van der Waals surface area (Å²) in [6, 6.07) is 23.3. The molecule has 4 aromatic carbocycles. The van der Waals surface area contributed by atoms with Crippen molar-refractivity contribution in [1.29, 1.82) is 0 Å². The predicted octanol–water partition coefficient (Wildman–Crippen LogP) is 9.33. The van der Waals surface area contributed by atoms with Gasteiger partial charge < -0.3 is 14.2 Å². The number of aromatic nitrogens is 2. The van der Waals surface area contributed by atoms with E-state index in [4.69, 9.17) is 16.3 Å². The van der Waals surface area contributed by atoms with Gasteiger partial charge in [0.1, 0.15) is 17.4 Å². The smallest absolute Gasteiger partial charge is 0.492 e. The number of halogens is 3. The van der Waals surface area contributed by atoms with Crippen molar-refractivity contribution in [2.24, 2.45) is 0 Å². The van der Waals surface area contributed by atoms with Gasteiger partial charge in [-0.05, 0) is 151 Å². The molecule has 24 heteroatoms. The fraction of sp³-hybridized carbons (Fsp3) is 0.370. The molecule has 0 saturated carbocycles. The minimum absolute atomic E-state index is 0.00372. The van der Waals surface area contributed by atoms with E-state index < -0.39 is 64.2 Å². The molecule has 0 amide bonds. The fourth-order valence-electron chi connectivity index (χ4n) is 10.7. The molecule has 0 N–H and O–H groups in total. The average Bonchev–Trinajstić information content (AvgIpc) is 3.85. The first-order valence-corrected chi connectivity index (χ1v) is 31.3. The standard InChI is InChI=1S/C54H59ClF2N6O11S4/c1-34-28-36(3)52(37(4)29-34)77(68,69)62(50-12-8-10-39(6)58-50)42-18-23-60(24-19-42)75(64,65)44-14-16-47(46(55)32-44)72-27-22-41-31-35(2)30-38(5)53(41)78(70,71)63(51-13-9-11-40(7)59-51)43-20-25-61(26-21-43)76(66,67)45-15-17-48-49(33-45)74-54(56,57)73-48/h8-17,28-33,42-43H,18-27H2,1-7H3. The summed E-state index contributed by atoms with van der Waals surface area (Å²) in [7, 11) is -16.9. The van der Waals surface area contributed by atoms with Crippen LogP contribution in [0.15, 0.2) is 117 Å². The molecular weight excluding hydrogens is 1110 g/mol. The summed E-state index contributed by atoms with van der Waals surface area (Å²) in [5, 5.41) is -0.00372. The third kappa shape index (κ3) is 11.3. The van der Waals surface area contributed by atoms with Gasteiger partial charge in [0, 0.05) is 62.1 Å². The highest BCUT2D eigenvalue weighted by atomic mass is 35.5. The Morgan fingerprint density at radius 2 is 1.04 bits per heavy atom. The zero-order valence-electron chi connectivity index (χ0n) is 43.9. The number of ether oxygens (including phenoxy) is 3. The van der Waals surface area contributed by atoms with Crippen LogP contribution in [0.4, 0.5) is 20.4 Å². The lowest BCUT2D eigenvalue weighted by Crippen LogP contribution is -2.49. The number of anilines is 2. The van der Waals surface area contributed by atoms with E-state index in [1.165, 1.54) is 35.4 Å². The first kappa shape index (κ1) is 56.8. The molecule has 416 valence electrons. The molecule has 0 radical (unpaired) electrons. The topological polar surface area (TPSA) is 203 Å². The van der Waals surface area contributed by atoms with Gasteiger partial charge in [0.25, 0.3) is 20.0 Å². The van der Waals surface area contributed by atoms with Crippen LogP contribution in [0.2, 0.25) is 5.02 Å². The molecule has 2 fully saturated rings. The number of hydrogen-bond acceptors (Lipinski definition) is 13. The number of benzene rings is 4. The van der Waals surface area contributed by atoms with E-state index in [2.05, 4.69) is 19.4 Å². The van der Waals surface area contributed by atoms with Crippen LogP contribution in [0.25, 0.3) is 0 Å². The third-order valence-corrected chi connectivity index (χ3v) is 22.4. The van der Waals surface area contributed by atoms with Crippen molar-refractivity contribution >= 4 is 63.3 Å². The molecule has 2 aromatic heterocycles. The van der Waals surface area contributed by atoms with Gasteiger partial charge in [-0.25, -0.2) is 52.2 Å². The lowest BCUT2D eigenvalue weighted by molar-refractivity contribution is -0.286. The number of rotatable bonds is 16. The van der Waals surface area contributed by atoms with Crippen molar-refractivity contribution in [3.05, 3.63) is 147 Å². The molecule has 0 spiro atoms. The molecule has 0 aliphatic carbocycles. The number of aryl methyl sites for hydroxylation is 7. The summed E-state index contributed by atoms with van der Waals surface area (Å²) in [6.45, 7) is 12.2. The highest BCUT2D eigenvalue weighted by molar-refractivity contribution is 7.93.